The van der Waals surface area contributed by atoms with E-state index in [1.54, 1.807) is 0 Å². The molecule has 0 radical (unpaired) electrons. The second kappa shape index (κ2) is 6.33. The van der Waals surface area contributed by atoms with E-state index in [0.717, 1.165) is 44.4 Å². The molecule has 0 aromatic rings. The molecule has 3 aliphatic rings. The first-order chi connectivity index (χ1) is 9.72. The molecule has 2 amide bonds. The first kappa shape index (κ1) is 14.2. The average Bonchev–Trinajstić information content (AvgIpc) is 3.09. The minimum absolute atomic E-state index is 0.0202. The van der Waals surface area contributed by atoms with E-state index in [9.17, 15) is 4.79 Å². The molecular weight excluding hydrogens is 252 g/mol. The van der Waals surface area contributed by atoms with Gasteiger partial charge in [-0.25, -0.2) is 4.79 Å². The molecule has 114 valence electrons. The molecule has 1 heterocycles. The number of fused-ring (bicyclic) bond motifs is 2. The number of carbonyl (C=O) groups excluding carboxylic acids is 1. The van der Waals surface area contributed by atoms with E-state index in [1.165, 1.54) is 25.7 Å². The number of nitrogens with one attached hydrogen (secondary N) is 2. The van der Waals surface area contributed by atoms with Crippen LogP contribution in [0.4, 0.5) is 4.79 Å². The summed E-state index contributed by atoms with van der Waals surface area (Å²) in [5, 5.41) is 6.21. The van der Waals surface area contributed by atoms with Gasteiger partial charge in [0.2, 0.25) is 0 Å². The summed E-state index contributed by atoms with van der Waals surface area (Å²) in [6.45, 7) is 4.66. The molecule has 3 rings (SSSR count). The van der Waals surface area contributed by atoms with Crippen molar-refractivity contribution in [2.45, 2.75) is 51.5 Å². The Morgan fingerprint density at radius 2 is 2.00 bits per heavy atom. The minimum Gasteiger partial charge on any atom is -0.381 e. The first-order valence-electron chi connectivity index (χ1n) is 8.34. The Labute approximate surface area is 122 Å². The van der Waals surface area contributed by atoms with Crippen molar-refractivity contribution in [3.05, 3.63) is 0 Å². The highest BCUT2D eigenvalue weighted by molar-refractivity contribution is 5.74. The fraction of sp³-hybridized carbons (Fsp3) is 0.938. The zero-order chi connectivity index (χ0) is 13.9. The average molecular weight is 280 g/mol. The molecule has 3 fully saturated rings. The predicted molar refractivity (Wildman–Crippen MR) is 78.5 cm³/mol. The molecule has 0 aromatic carbocycles. The molecule has 20 heavy (non-hydrogen) atoms. The fourth-order valence-electron chi connectivity index (χ4n) is 4.46. The van der Waals surface area contributed by atoms with Crippen molar-refractivity contribution in [1.82, 2.24) is 10.6 Å². The quantitative estimate of drug-likeness (QED) is 0.831. The zero-order valence-corrected chi connectivity index (χ0v) is 12.6. The van der Waals surface area contributed by atoms with Crippen LogP contribution in [0.15, 0.2) is 0 Å². The van der Waals surface area contributed by atoms with Crippen LogP contribution in [0.1, 0.15) is 45.4 Å². The van der Waals surface area contributed by atoms with Gasteiger partial charge in [-0.1, -0.05) is 6.42 Å². The van der Waals surface area contributed by atoms with Crippen molar-refractivity contribution in [1.29, 1.82) is 0 Å². The van der Waals surface area contributed by atoms with Crippen LogP contribution in [0.5, 0.6) is 0 Å². The molecule has 2 aliphatic carbocycles. The van der Waals surface area contributed by atoms with Gasteiger partial charge in [0.15, 0.2) is 0 Å². The summed E-state index contributed by atoms with van der Waals surface area (Å²) in [6, 6.07) is 0.340. The Bertz CT molecular complexity index is 341. The lowest BCUT2D eigenvalue weighted by molar-refractivity contribution is 0.0668. The van der Waals surface area contributed by atoms with Gasteiger partial charge in [0.05, 0.1) is 0 Å². The standard InChI is InChI=1S/C16H28N2O2/c1-11(15-9-13-2-3-14(15)8-13)18-16(19)17-10-12-4-6-20-7-5-12/h11-15H,2-10H2,1H3,(H2,17,18,19). The van der Waals surface area contributed by atoms with Crippen molar-refractivity contribution in [3.63, 3.8) is 0 Å². The molecule has 4 heteroatoms. The summed E-state index contributed by atoms with van der Waals surface area (Å²) in [5.41, 5.74) is 0. The van der Waals surface area contributed by atoms with Gasteiger partial charge in [0.25, 0.3) is 0 Å². The summed E-state index contributed by atoms with van der Waals surface area (Å²) in [7, 11) is 0. The maximum absolute atomic E-state index is 12.0. The number of urea groups is 1. The molecule has 1 aliphatic heterocycles. The Kier molecular flexibility index (Phi) is 4.49. The zero-order valence-electron chi connectivity index (χ0n) is 12.6. The van der Waals surface area contributed by atoms with Crippen molar-refractivity contribution in [2.24, 2.45) is 23.7 Å². The molecule has 2 N–H and O–H groups in total. The highest BCUT2D eigenvalue weighted by Crippen LogP contribution is 2.49. The van der Waals surface area contributed by atoms with Gasteiger partial charge < -0.3 is 15.4 Å². The maximum Gasteiger partial charge on any atom is 0.315 e. The molecule has 0 aromatic heterocycles. The number of ether oxygens (including phenoxy) is 1. The number of hydrogen-bond donors (Lipinski definition) is 2. The summed E-state index contributed by atoms with van der Waals surface area (Å²) in [4.78, 5) is 12.0. The summed E-state index contributed by atoms with van der Waals surface area (Å²) >= 11 is 0. The second-order valence-corrected chi connectivity index (χ2v) is 7.04. The van der Waals surface area contributed by atoms with Crippen LogP contribution in [0, 0.1) is 23.7 Å². The Morgan fingerprint density at radius 3 is 2.65 bits per heavy atom. The van der Waals surface area contributed by atoms with E-state index in [-0.39, 0.29) is 6.03 Å². The molecule has 0 spiro atoms. The molecule has 1 saturated heterocycles. The summed E-state index contributed by atoms with van der Waals surface area (Å²) in [6.07, 6.45) is 7.67. The molecular formula is C16H28N2O2. The maximum atomic E-state index is 12.0. The Balaban J connectivity index is 1.37. The highest BCUT2D eigenvalue weighted by Gasteiger charge is 2.42. The SMILES string of the molecule is CC(NC(=O)NCC1CCOCC1)C1CC2CCC1C2. The third-order valence-electron chi connectivity index (χ3n) is 5.69. The lowest BCUT2D eigenvalue weighted by Gasteiger charge is -2.29. The monoisotopic (exact) mass is 280 g/mol. The van der Waals surface area contributed by atoms with Crippen LogP contribution < -0.4 is 10.6 Å². The van der Waals surface area contributed by atoms with Crippen LogP contribution in [-0.2, 0) is 4.74 Å². The van der Waals surface area contributed by atoms with Crippen molar-refractivity contribution in [3.8, 4) is 0 Å². The van der Waals surface area contributed by atoms with E-state index in [1.807, 2.05) is 0 Å². The van der Waals surface area contributed by atoms with E-state index in [0.29, 0.717) is 17.9 Å². The van der Waals surface area contributed by atoms with Crippen molar-refractivity contribution < 1.29 is 9.53 Å². The molecule has 2 bridgehead atoms. The van der Waals surface area contributed by atoms with Crippen LogP contribution in [0.3, 0.4) is 0 Å². The predicted octanol–water partition coefficient (Wildman–Crippen LogP) is 2.54. The smallest absolute Gasteiger partial charge is 0.315 e. The van der Waals surface area contributed by atoms with Crippen LogP contribution in [-0.4, -0.2) is 31.8 Å². The van der Waals surface area contributed by atoms with Gasteiger partial charge in [-0.2, -0.15) is 0 Å². The number of hydrogen-bond acceptors (Lipinski definition) is 2. The number of amides is 2. The fourth-order valence-corrected chi connectivity index (χ4v) is 4.46. The lowest BCUT2D eigenvalue weighted by Crippen LogP contribution is -2.46. The molecule has 4 nitrogen and oxygen atoms in total. The Morgan fingerprint density at radius 1 is 1.20 bits per heavy atom. The lowest BCUT2D eigenvalue weighted by atomic mass is 9.84. The summed E-state index contributed by atoms with van der Waals surface area (Å²) < 4.78 is 5.34. The van der Waals surface area contributed by atoms with Crippen LogP contribution >= 0.6 is 0 Å². The summed E-state index contributed by atoms with van der Waals surface area (Å²) in [5.74, 6) is 3.11. The van der Waals surface area contributed by atoms with E-state index in [4.69, 9.17) is 4.74 Å². The molecule has 4 unspecified atom stereocenters. The van der Waals surface area contributed by atoms with Gasteiger partial charge in [0.1, 0.15) is 0 Å². The van der Waals surface area contributed by atoms with Gasteiger partial charge in [-0.3, -0.25) is 0 Å². The van der Waals surface area contributed by atoms with Gasteiger partial charge >= 0.3 is 6.03 Å². The third kappa shape index (κ3) is 3.27. The van der Waals surface area contributed by atoms with Crippen molar-refractivity contribution >= 4 is 6.03 Å². The van der Waals surface area contributed by atoms with Gasteiger partial charge in [-0.05, 0) is 62.7 Å². The number of rotatable bonds is 4. The molecule has 4 atom stereocenters. The second-order valence-electron chi connectivity index (χ2n) is 7.04. The van der Waals surface area contributed by atoms with E-state index < -0.39 is 0 Å². The van der Waals surface area contributed by atoms with Crippen LogP contribution in [0.2, 0.25) is 0 Å². The number of carbonyl (C=O) groups is 1. The minimum atomic E-state index is 0.0202. The molecule has 2 saturated carbocycles. The third-order valence-corrected chi connectivity index (χ3v) is 5.69. The van der Waals surface area contributed by atoms with Gasteiger partial charge in [-0.15, -0.1) is 0 Å². The largest absolute Gasteiger partial charge is 0.381 e. The van der Waals surface area contributed by atoms with Gasteiger partial charge in [0, 0.05) is 25.8 Å². The topological polar surface area (TPSA) is 50.4 Å². The normalized spacial score (nSPS) is 35.0. The first-order valence-corrected chi connectivity index (χ1v) is 8.34. The van der Waals surface area contributed by atoms with Crippen molar-refractivity contribution in [2.75, 3.05) is 19.8 Å². The Hall–Kier alpha value is -0.770. The highest BCUT2D eigenvalue weighted by atomic mass is 16.5. The van der Waals surface area contributed by atoms with E-state index >= 15 is 0 Å². The van der Waals surface area contributed by atoms with E-state index in [2.05, 4.69) is 17.6 Å². The van der Waals surface area contributed by atoms with Crippen LogP contribution in [0.25, 0.3) is 0 Å².